The average Bonchev–Trinajstić information content (AvgIpc) is 2.87. The van der Waals surface area contributed by atoms with Crippen LogP contribution < -0.4 is 5.32 Å². The second kappa shape index (κ2) is 5.86. The summed E-state index contributed by atoms with van der Waals surface area (Å²) in [6.07, 6.45) is 10.2. The third kappa shape index (κ3) is 2.94. The minimum Gasteiger partial charge on any atom is -0.320 e. The normalized spacial score (nSPS) is 29.0. The molecule has 88 valence electrons. The molecule has 2 aliphatic rings. The topological polar surface area (TPSA) is 15.3 Å². The molecule has 2 nitrogen and oxygen atoms in total. The van der Waals surface area contributed by atoms with Gasteiger partial charge in [-0.1, -0.05) is 12.8 Å². The summed E-state index contributed by atoms with van der Waals surface area (Å²) in [5.74, 6) is 1.04. The highest BCUT2D eigenvalue weighted by atomic mass is 15.2. The van der Waals surface area contributed by atoms with Crippen LogP contribution in [0.25, 0.3) is 0 Å². The van der Waals surface area contributed by atoms with Gasteiger partial charge in [-0.3, -0.25) is 0 Å². The molecule has 2 fully saturated rings. The molecule has 1 saturated heterocycles. The molecule has 1 heterocycles. The minimum atomic E-state index is 0.948. The van der Waals surface area contributed by atoms with E-state index in [1.54, 1.807) is 0 Å². The van der Waals surface area contributed by atoms with E-state index in [9.17, 15) is 0 Å². The molecule has 2 heteroatoms. The first kappa shape index (κ1) is 11.4. The maximum Gasteiger partial charge on any atom is 0.0124 e. The van der Waals surface area contributed by atoms with E-state index in [-0.39, 0.29) is 0 Å². The molecule has 0 amide bonds. The van der Waals surface area contributed by atoms with Gasteiger partial charge in [0.25, 0.3) is 0 Å². The predicted octanol–water partition coefficient (Wildman–Crippen LogP) is 2.25. The van der Waals surface area contributed by atoms with E-state index in [1.807, 2.05) is 0 Å². The van der Waals surface area contributed by atoms with Gasteiger partial charge in [-0.05, 0) is 64.7 Å². The molecule has 1 atom stereocenters. The molecule has 0 radical (unpaired) electrons. The maximum atomic E-state index is 3.25. The zero-order chi connectivity index (χ0) is 10.5. The van der Waals surface area contributed by atoms with Crippen LogP contribution in [0.4, 0.5) is 0 Å². The van der Waals surface area contributed by atoms with Gasteiger partial charge >= 0.3 is 0 Å². The van der Waals surface area contributed by atoms with Gasteiger partial charge in [0.15, 0.2) is 0 Å². The Morgan fingerprint density at radius 1 is 1.13 bits per heavy atom. The first-order valence-corrected chi connectivity index (χ1v) is 6.80. The monoisotopic (exact) mass is 210 g/mol. The van der Waals surface area contributed by atoms with Crippen molar-refractivity contribution in [3.63, 3.8) is 0 Å². The zero-order valence-electron chi connectivity index (χ0n) is 10.2. The summed E-state index contributed by atoms with van der Waals surface area (Å²) in [4.78, 5) is 2.77. The smallest absolute Gasteiger partial charge is 0.0124 e. The van der Waals surface area contributed by atoms with Crippen molar-refractivity contribution in [2.75, 3.05) is 26.7 Å². The number of nitrogens with zero attached hydrogens (tertiary/aromatic N) is 1. The summed E-state index contributed by atoms with van der Waals surface area (Å²) < 4.78 is 0. The first-order chi connectivity index (χ1) is 7.42. The van der Waals surface area contributed by atoms with Crippen molar-refractivity contribution in [3.05, 3.63) is 0 Å². The fourth-order valence-corrected chi connectivity index (χ4v) is 3.46. The molecule has 0 aromatic heterocycles. The number of nitrogens with one attached hydrogen (secondary N) is 1. The van der Waals surface area contributed by atoms with Crippen molar-refractivity contribution in [3.8, 4) is 0 Å². The molecule has 2 rings (SSSR count). The van der Waals surface area contributed by atoms with E-state index in [2.05, 4.69) is 17.3 Å². The first-order valence-electron chi connectivity index (χ1n) is 6.80. The van der Waals surface area contributed by atoms with Crippen LogP contribution >= 0.6 is 0 Å². The number of hydrogen-bond acceptors (Lipinski definition) is 2. The molecule has 1 saturated carbocycles. The standard InChI is InChI=1S/C13H26N2/c1-14-9-5-11-15-10-4-8-13(15)12-6-2-3-7-12/h12-14H,2-11H2,1H3. The van der Waals surface area contributed by atoms with Gasteiger partial charge in [-0.15, -0.1) is 0 Å². The summed E-state index contributed by atoms with van der Waals surface area (Å²) in [6, 6.07) is 0.948. The Balaban J connectivity index is 1.76. The lowest BCUT2D eigenvalue weighted by Gasteiger charge is -2.29. The highest BCUT2D eigenvalue weighted by molar-refractivity contribution is 4.87. The molecular weight excluding hydrogens is 184 g/mol. The molecule has 15 heavy (non-hydrogen) atoms. The van der Waals surface area contributed by atoms with Crippen molar-refractivity contribution in [1.82, 2.24) is 10.2 Å². The molecular formula is C13H26N2. The van der Waals surface area contributed by atoms with Crippen LogP contribution in [0, 0.1) is 5.92 Å². The highest BCUT2D eigenvalue weighted by Crippen LogP contribution is 2.35. The van der Waals surface area contributed by atoms with E-state index in [4.69, 9.17) is 0 Å². The molecule has 1 unspecified atom stereocenters. The SMILES string of the molecule is CNCCCN1CCCC1C1CCCC1. The lowest BCUT2D eigenvalue weighted by Crippen LogP contribution is -2.36. The Kier molecular flexibility index (Phi) is 4.45. The van der Waals surface area contributed by atoms with Gasteiger partial charge in [0, 0.05) is 6.04 Å². The third-order valence-corrected chi connectivity index (χ3v) is 4.23. The van der Waals surface area contributed by atoms with Crippen LogP contribution in [0.1, 0.15) is 44.9 Å². The molecule has 1 aliphatic heterocycles. The van der Waals surface area contributed by atoms with E-state index in [1.165, 1.54) is 64.6 Å². The van der Waals surface area contributed by atoms with Crippen molar-refractivity contribution in [1.29, 1.82) is 0 Å². The molecule has 1 N–H and O–H groups in total. The lowest BCUT2D eigenvalue weighted by atomic mass is 9.96. The van der Waals surface area contributed by atoms with Gasteiger partial charge in [0.2, 0.25) is 0 Å². The fraction of sp³-hybridized carbons (Fsp3) is 1.00. The summed E-state index contributed by atoms with van der Waals surface area (Å²) in [5, 5.41) is 3.25. The Bertz CT molecular complexity index is 175. The Morgan fingerprint density at radius 2 is 1.93 bits per heavy atom. The van der Waals surface area contributed by atoms with Gasteiger partial charge in [-0.2, -0.15) is 0 Å². The van der Waals surface area contributed by atoms with E-state index in [0.717, 1.165) is 12.0 Å². The fourth-order valence-electron chi connectivity index (χ4n) is 3.46. The summed E-state index contributed by atoms with van der Waals surface area (Å²) >= 11 is 0. The van der Waals surface area contributed by atoms with Crippen molar-refractivity contribution in [2.45, 2.75) is 51.0 Å². The number of hydrogen-bond donors (Lipinski definition) is 1. The quantitative estimate of drug-likeness (QED) is 0.700. The lowest BCUT2D eigenvalue weighted by molar-refractivity contribution is 0.189. The van der Waals surface area contributed by atoms with Crippen LogP contribution in [-0.2, 0) is 0 Å². The second-order valence-corrected chi connectivity index (χ2v) is 5.25. The van der Waals surface area contributed by atoms with Crippen LogP contribution in [-0.4, -0.2) is 37.6 Å². The van der Waals surface area contributed by atoms with Crippen molar-refractivity contribution < 1.29 is 0 Å². The van der Waals surface area contributed by atoms with Crippen LogP contribution in [0.3, 0.4) is 0 Å². The number of rotatable bonds is 5. The number of likely N-dealkylation sites (tertiary alicyclic amines) is 1. The van der Waals surface area contributed by atoms with Crippen LogP contribution in [0.15, 0.2) is 0 Å². The van der Waals surface area contributed by atoms with Crippen LogP contribution in [0.5, 0.6) is 0 Å². The minimum absolute atomic E-state index is 0.948. The van der Waals surface area contributed by atoms with E-state index >= 15 is 0 Å². The summed E-state index contributed by atoms with van der Waals surface area (Å²) in [7, 11) is 2.05. The van der Waals surface area contributed by atoms with E-state index in [0.29, 0.717) is 0 Å². The summed E-state index contributed by atoms with van der Waals surface area (Å²) in [5.41, 5.74) is 0. The second-order valence-electron chi connectivity index (χ2n) is 5.25. The molecule has 1 aliphatic carbocycles. The zero-order valence-corrected chi connectivity index (χ0v) is 10.2. The van der Waals surface area contributed by atoms with Gasteiger partial charge in [0.05, 0.1) is 0 Å². The van der Waals surface area contributed by atoms with Gasteiger partial charge in [0.1, 0.15) is 0 Å². The molecule has 0 aromatic carbocycles. The van der Waals surface area contributed by atoms with Crippen molar-refractivity contribution in [2.24, 2.45) is 5.92 Å². The Morgan fingerprint density at radius 3 is 2.67 bits per heavy atom. The summed E-state index contributed by atoms with van der Waals surface area (Å²) in [6.45, 7) is 3.86. The largest absolute Gasteiger partial charge is 0.320 e. The molecule has 0 aromatic rings. The Hall–Kier alpha value is -0.0800. The molecule has 0 bridgehead atoms. The highest BCUT2D eigenvalue weighted by Gasteiger charge is 2.32. The predicted molar refractivity (Wildman–Crippen MR) is 65.1 cm³/mol. The molecule has 0 spiro atoms. The van der Waals surface area contributed by atoms with E-state index < -0.39 is 0 Å². The maximum absolute atomic E-state index is 3.25. The Labute approximate surface area is 94.4 Å². The third-order valence-electron chi connectivity index (χ3n) is 4.23. The van der Waals surface area contributed by atoms with Gasteiger partial charge in [-0.25, -0.2) is 0 Å². The van der Waals surface area contributed by atoms with Crippen LogP contribution in [0.2, 0.25) is 0 Å². The van der Waals surface area contributed by atoms with Gasteiger partial charge < -0.3 is 10.2 Å². The van der Waals surface area contributed by atoms with Crippen molar-refractivity contribution >= 4 is 0 Å². The average molecular weight is 210 g/mol.